The highest BCUT2D eigenvalue weighted by Crippen LogP contribution is 2.27. The molecule has 1 aliphatic carbocycles. The summed E-state index contributed by atoms with van der Waals surface area (Å²) in [6.07, 6.45) is 3.98. The molecule has 1 aromatic rings. The van der Waals surface area contributed by atoms with Gasteiger partial charge in [-0.2, -0.15) is 0 Å². The number of methoxy groups -OCH3 is 1. The number of hydrogen-bond donors (Lipinski definition) is 0. The van der Waals surface area contributed by atoms with Gasteiger partial charge in [-0.1, -0.05) is 13.0 Å². The van der Waals surface area contributed by atoms with E-state index in [1.165, 1.54) is 0 Å². The lowest BCUT2D eigenvalue weighted by Gasteiger charge is -2.08. The summed E-state index contributed by atoms with van der Waals surface area (Å²) >= 11 is 0. The Morgan fingerprint density at radius 3 is 2.75 bits per heavy atom. The van der Waals surface area contributed by atoms with Crippen LogP contribution in [0.3, 0.4) is 0 Å². The molecule has 0 saturated heterocycles. The first kappa shape index (κ1) is 10.9. The zero-order valence-corrected chi connectivity index (χ0v) is 9.62. The molecule has 84 valence electrons. The van der Waals surface area contributed by atoms with Crippen molar-refractivity contribution in [3.05, 3.63) is 29.5 Å². The Balaban J connectivity index is 2.36. The topological polar surface area (TPSA) is 39.2 Å². The first-order valence-corrected chi connectivity index (χ1v) is 5.52. The van der Waals surface area contributed by atoms with Gasteiger partial charge in [0.25, 0.3) is 0 Å². The molecular formula is C13H15NO2. The predicted molar refractivity (Wildman–Crippen MR) is 62.4 cm³/mol. The van der Waals surface area contributed by atoms with Gasteiger partial charge in [-0.3, -0.25) is 4.79 Å². The van der Waals surface area contributed by atoms with E-state index in [0.717, 1.165) is 29.7 Å². The molecule has 0 aromatic carbocycles. The van der Waals surface area contributed by atoms with E-state index in [4.69, 9.17) is 4.74 Å². The van der Waals surface area contributed by atoms with Crippen molar-refractivity contribution >= 4 is 11.4 Å². The largest absolute Gasteiger partial charge is 0.481 e. The fourth-order valence-electron chi connectivity index (χ4n) is 1.89. The van der Waals surface area contributed by atoms with Crippen LogP contribution < -0.4 is 4.74 Å². The second-order valence-electron chi connectivity index (χ2n) is 3.85. The molecule has 0 N–H and O–H groups in total. The van der Waals surface area contributed by atoms with Crippen LogP contribution in [0.15, 0.2) is 18.2 Å². The summed E-state index contributed by atoms with van der Waals surface area (Å²) < 4.78 is 5.24. The summed E-state index contributed by atoms with van der Waals surface area (Å²) in [4.78, 5) is 15.6. The van der Waals surface area contributed by atoms with E-state index in [0.29, 0.717) is 12.3 Å². The van der Waals surface area contributed by atoms with Gasteiger partial charge in [0.05, 0.1) is 12.8 Å². The van der Waals surface area contributed by atoms with Crippen molar-refractivity contribution in [2.24, 2.45) is 0 Å². The highest BCUT2D eigenvalue weighted by molar-refractivity contribution is 6.01. The fraction of sp³-hybridized carbons (Fsp3) is 0.385. The minimum atomic E-state index is 0.190. The summed E-state index contributed by atoms with van der Waals surface area (Å²) in [7, 11) is 1.62. The molecule has 1 aliphatic rings. The van der Waals surface area contributed by atoms with Gasteiger partial charge in [0.2, 0.25) is 5.88 Å². The van der Waals surface area contributed by atoms with Crippen LogP contribution in [0.1, 0.15) is 31.0 Å². The van der Waals surface area contributed by atoms with E-state index in [1.807, 2.05) is 12.1 Å². The van der Waals surface area contributed by atoms with Gasteiger partial charge in [0.15, 0.2) is 5.78 Å². The standard InChI is InChI=1S/C13H15NO2/c1-3-9-5-7-12(14-13(9)16-2)10-4-6-11(15)8-10/h5,7-8H,3-4,6H2,1-2H3. The van der Waals surface area contributed by atoms with Crippen molar-refractivity contribution in [2.45, 2.75) is 26.2 Å². The molecule has 2 rings (SSSR count). The Kier molecular flexibility index (Phi) is 3.04. The van der Waals surface area contributed by atoms with Crippen molar-refractivity contribution in [3.8, 4) is 5.88 Å². The number of nitrogens with zero attached hydrogens (tertiary/aromatic N) is 1. The summed E-state index contributed by atoms with van der Waals surface area (Å²) in [5.74, 6) is 0.857. The fourth-order valence-corrected chi connectivity index (χ4v) is 1.89. The Morgan fingerprint density at radius 1 is 1.38 bits per heavy atom. The number of ketones is 1. The number of allylic oxidation sites excluding steroid dienone is 2. The van der Waals surface area contributed by atoms with Crippen LogP contribution in [0.4, 0.5) is 0 Å². The van der Waals surface area contributed by atoms with Crippen molar-refractivity contribution in [1.82, 2.24) is 4.98 Å². The van der Waals surface area contributed by atoms with Crippen LogP contribution in [0.25, 0.3) is 5.57 Å². The third kappa shape index (κ3) is 1.98. The minimum Gasteiger partial charge on any atom is -0.481 e. The smallest absolute Gasteiger partial charge is 0.216 e. The van der Waals surface area contributed by atoms with Gasteiger partial charge in [-0.25, -0.2) is 4.98 Å². The quantitative estimate of drug-likeness (QED) is 0.780. The van der Waals surface area contributed by atoms with E-state index in [2.05, 4.69) is 11.9 Å². The van der Waals surface area contributed by atoms with Crippen LogP contribution in [0, 0.1) is 0 Å². The van der Waals surface area contributed by atoms with E-state index >= 15 is 0 Å². The number of aromatic nitrogens is 1. The normalized spacial score (nSPS) is 15.1. The molecular weight excluding hydrogens is 202 g/mol. The lowest BCUT2D eigenvalue weighted by Crippen LogP contribution is -1.97. The van der Waals surface area contributed by atoms with E-state index in [1.54, 1.807) is 13.2 Å². The van der Waals surface area contributed by atoms with Crippen LogP contribution in [0.2, 0.25) is 0 Å². The molecule has 0 bridgehead atoms. The molecule has 3 heteroatoms. The van der Waals surface area contributed by atoms with Gasteiger partial charge in [-0.15, -0.1) is 0 Å². The van der Waals surface area contributed by atoms with Crippen LogP contribution in [-0.2, 0) is 11.2 Å². The van der Waals surface area contributed by atoms with Crippen LogP contribution >= 0.6 is 0 Å². The zero-order valence-electron chi connectivity index (χ0n) is 9.62. The summed E-state index contributed by atoms with van der Waals surface area (Å²) in [5, 5.41) is 0. The summed E-state index contributed by atoms with van der Waals surface area (Å²) in [5.41, 5.74) is 2.97. The van der Waals surface area contributed by atoms with Gasteiger partial charge in [0.1, 0.15) is 0 Å². The van der Waals surface area contributed by atoms with Crippen molar-refractivity contribution < 1.29 is 9.53 Å². The number of pyridine rings is 1. The third-order valence-electron chi connectivity index (χ3n) is 2.82. The maximum atomic E-state index is 11.2. The summed E-state index contributed by atoms with van der Waals surface area (Å²) in [6, 6.07) is 3.98. The molecule has 1 heterocycles. The average Bonchev–Trinajstić information content (AvgIpc) is 2.75. The molecule has 0 spiro atoms. The average molecular weight is 217 g/mol. The predicted octanol–water partition coefficient (Wildman–Crippen LogP) is 2.40. The van der Waals surface area contributed by atoms with Crippen molar-refractivity contribution in [1.29, 1.82) is 0 Å². The number of carbonyl (C=O) groups is 1. The first-order chi connectivity index (χ1) is 7.74. The molecule has 0 aliphatic heterocycles. The number of carbonyl (C=O) groups excluding carboxylic acids is 1. The second-order valence-corrected chi connectivity index (χ2v) is 3.85. The van der Waals surface area contributed by atoms with Gasteiger partial charge in [-0.05, 0) is 30.6 Å². The minimum absolute atomic E-state index is 0.190. The lowest BCUT2D eigenvalue weighted by atomic mass is 10.1. The number of ether oxygens (including phenoxy) is 1. The number of hydrogen-bond acceptors (Lipinski definition) is 3. The van der Waals surface area contributed by atoms with Crippen molar-refractivity contribution in [3.63, 3.8) is 0 Å². The lowest BCUT2D eigenvalue weighted by molar-refractivity contribution is -0.114. The van der Waals surface area contributed by atoms with E-state index in [-0.39, 0.29) is 5.78 Å². The molecule has 0 fully saturated rings. The van der Waals surface area contributed by atoms with Crippen LogP contribution in [-0.4, -0.2) is 17.9 Å². The second kappa shape index (κ2) is 4.47. The zero-order chi connectivity index (χ0) is 11.5. The Morgan fingerprint density at radius 2 is 2.19 bits per heavy atom. The molecule has 0 radical (unpaired) electrons. The molecule has 0 amide bonds. The van der Waals surface area contributed by atoms with Gasteiger partial charge < -0.3 is 4.74 Å². The Hall–Kier alpha value is -1.64. The number of rotatable bonds is 3. The highest BCUT2D eigenvalue weighted by Gasteiger charge is 2.15. The SMILES string of the molecule is CCc1ccc(C2=CC(=O)CC2)nc1OC. The molecule has 0 unspecified atom stereocenters. The molecule has 16 heavy (non-hydrogen) atoms. The molecule has 0 saturated carbocycles. The van der Waals surface area contributed by atoms with E-state index in [9.17, 15) is 4.79 Å². The maximum Gasteiger partial charge on any atom is 0.216 e. The maximum absolute atomic E-state index is 11.2. The Bertz CT molecular complexity index is 449. The van der Waals surface area contributed by atoms with E-state index < -0.39 is 0 Å². The van der Waals surface area contributed by atoms with Gasteiger partial charge in [0, 0.05) is 12.0 Å². The number of aryl methyl sites for hydroxylation is 1. The van der Waals surface area contributed by atoms with Crippen molar-refractivity contribution in [2.75, 3.05) is 7.11 Å². The summed E-state index contributed by atoms with van der Waals surface area (Å²) in [6.45, 7) is 2.07. The molecule has 1 aromatic heterocycles. The van der Waals surface area contributed by atoms with Gasteiger partial charge >= 0.3 is 0 Å². The highest BCUT2D eigenvalue weighted by atomic mass is 16.5. The third-order valence-corrected chi connectivity index (χ3v) is 2.82. The van der Waals surface area contributed by atoms with Crippen LogP contribution in [0.5, 0.6) is 5.88 Å². The molecule has 0 atom stereocenters. The Labute approximate surface area is 95.2 Å². The molecule has 3 nitrogen and oxygen atoms in total. The monoisotopic (exact) mass is 217 g/mol. The first-order valence-electron chi connectivity index (χ1n) is 5.52.